The van der Waals surface area contributed by atoms with Crippen molar-refractivity contribution in [3.05, 3.63) is 34.7 Å². The molecule has 0 bridgehead atoms. The summed E-state index contributed by atoms with van der Waals surface area (Å²) in [6.07, 6.45) is 8.51. The lowest BCUT2D eigenvalue weighted by molar-refractivity contribution is -0.115. The van der Waals surface area contributed by atoms with E-state index in [1.807, 2.05) is 12.3 Å². The van der Waals surface area contributed by atoms with Crippen LogP contribution in [0.2, 0.25) is 5.02 Å². The third kappa shape index (κ3) is 2.45. The van der Waals surface area contributed by atoms with Gasteiger partial charge in [0.25, 0.3) is 5.91 Å². The van der Waals surface area contributed by atoms with Gasteiger partial charge in [0.15, 0.2) is 0 Å². The first kappa shape index (κ1) is 12.6. The number of pyridine rings is 1. The Balaban J connectivity index is 1.70. The number of nitrogens with zero attached hydrogens (tertiary/aromatic N) is 2. The molecule has 5 nitrogen and oxygen atoms in total. The SMILES string of the molecule is O=C1NC(CC2CC2)=N/C1=C\c1c[nH]c2ncc(Cl)cc12. The minimum absolute atomic E-state index is 0.144. The first-order valence-corrected chi connectivity index (χ1v) is 7.30. The van der Waals surface area contributed by atoms with E-state index < -0.39 is 0 Å². The van der Waals surface area contributed by atoms with Crippen molar-refractivity contribution in [2.24, 2.45) is 10.9 Å². The van der Waals surface area contributed by atoms with Gasteiger partial charge in [0.2, 0.25) is 0 Å². The van der Waals surface area contributed by atoms with Crippen molar-refractivity contribution in [3.63, 3.8) is 0 Å². The van der Waals surface area contributed by atoms with Crippen molar-refractivity contribution in [3.8, 4) is 0 Å². The molecule has 1 aliphatic heterocycles. The normalized spacial score (nSPS) is 20.1. The topological polar surface area (TPSA) is 70.1 Å². The molecule has 2 N–H and O–H groups in total. The lowest BCUT2D eigenvalue weighted by Gasteiger charge is -1.95. The van der Waals surface area contributed by atoms with E-state index in [1.54, 1.807) is 12.3 Å². The summed E-state index contributed by atoms with van der Waals surface area (Å²) in [6, 6.07) is 1.83. The van der Waals surface area contributed by atoms with Crippen LogP contribution in [0.4, 0.5) is 0 Å². The van der Waals surface area contributed by atoms with Crippen LogP contribution in [0.3, 0.4) is 0 Å². The van der Waals surface area contributed by atoms with Gasteiger partial charge in [0, 0.05) is 29.8 Å². The molecular formula is C15H13ClN4O. The summed E-state index contributed by atoms with van der Waals surface area (Å²) in [4.78, 5) is 23.6. The maximum Gasteiger partial charge on any atom is 0.275 e. The molecule has 1 amide bonds. The number of nitrogens with one attached hydrogen (secondary N) is 2. The van der Waals surface area contributed by atoms with Gasteiger partial charge in [-0.15, -0.1) is 0 Å². The van der Waals surface area contributed by atoms with Gasteiger partial charge in [-0.05, 0) is 30.9 Å². The molecule has 4 rings (SSSR count). The van der Waals surface area contributed by atoms with E-state index >= 15 is 0 Å². The highest BCUT2D eigenvalue weighted by Crippen LogP contribution is 2.33. The summed E-state index contributed by atoms with van der Waals surface area (Å²) in [5.41, 5.74) is 2.04. The summed E-state index contributed by atoms with van der Waals surface area (Å²) >= 11 is 5.98. The number of amidine groups is 1. The minimum Gasteiger partial charge on any atom is -0.346 e. The summed E-state index contributed by atoms with van der Waals surface area (Å²) in [7, 11) is 0. The van der Waals surface area contributed by atoms with Crippen LogP contribution in [0, 0.1) is 5.92 Å². The Bertz CT molecular complexity index is 801. The highest BCUT2D eigenvalue weighted by molar-refractivity contribution is 6.31. The molecule has 0 unspecified atom stereocenters. The number of H-pyrrole nitrogens is 1. The molecule has 3 heterocycles. The number of halogens is 1. The highest BCUT2D eigenvalue weighted by atomic mass is 35.5. The lowest BCUT2D eigenvalue weighted by Crippen LogP contribution is -2.24. The van der Waals surface area contributed by atoms with Gasteiger partial charge in [-0.2, -0.15) is 0 Å². The van der Waals surface area contributed by atoms with E-state index in [9.17, 15) is 4.79 Å². The number of fused-ring (bicyclic) bond motifs is 1. The molecule has 1 aliphatic carbocycles. The third-order valence-electron chi connectivity index (χ3n) is 3.75. The number of aromatic nitrogens is 2. The summed E-state index contributed by atoms with van der Waals surface area (Å²) in [5.74, 6) is 1.33. The first-order valence-electron chi connectivity index (χ1n) is 6.92. The van der Waals surface area contributed by atoms with E-state index in [4.69, 9.17) is 11.6 Å². The summed E-state index contributed by atoms with van der Waals surface area (Å²) in [6.45, 7) is 0. The largest absolute Gasteiger partial charge is 0.346 e. The molecule has 2 aromatic heterocycles. The van der Waals surface area contributed by atoms with Gasteiger partial charge in [-0.25, -0.2) is 9.98 Å². The molecule has 0 atom stereocenters. The fourth-order valence-corrected chi connectivity index (χ4v) is 2.63. The molecule has 0 saturated heterocycles. The van der Waals surface area contributed by atoms with Gasteiger partial charge in [0.05, 0.1) is 5.02 Å². The molecule has 1 saturated carbocycles. The lowest BCUT2D eigenvalue weighted by atomic mass is 10.2. The van der Waals surface area contributed by atoms with Crippen molar-refractivity contribution in [2.75, 3.05) is 0 Å². The van der Waals surface area contributed by atoms with Gasteiger partial charge >= 0.3 is 0 Å². The second kappa shape index (κ2) is 4.70. The highest BCUT2D eigenvalue weighted by Gasteiger charge is 2.28. The molecule has 2 aromatic rings. The number of aliphatic imine (C=N–C) groups is 1. The third-order valence-corrected chi connectivity index (χ3v) is 3.95. The van der Waals surface area contributed by atoms with E-state index in [-0.39, 0.29) is 5.91 Å². The maximum absolute atomic E-state index is 12.0. The van der Waals surface area contributed by atoms with Crippen LogP contribution in [-0.4, -0.2) is 21.7 Å². The van der Waals surface area contributed by atoms with E-state index in [0.29, 0.717) is 16.6 Å². The second-order valence-corrected chi connectivity index (χ2v) is 5.92. The zero-order valence-electron chi connectivity index (χ0n) is 11.2. The Morgan fingerprint density at radius 1 is 1.43 bits per heavy atom. The number of carbonyl (C=O) groups excluding carboxylic acids is 1. The number of hydrogen-bond donors (Lipinski definition) is 2. The van der Waals surface area contributed by atoms with Crippen LogP contribution < -0.4 is 5.32 Å². The standard InChI is InChI=1S/C15H13ClN4O/c16-10-5-11-9(6-17-14(11)18-7-10)4-12-15(21)20-13(19-12)3-8-1-2-8/h4-8H,1-3H2,(H,17,18)(H,19,20,21)/b12-4-. The zero-order chi connectivity index (χ0) is 14.4. The number of carbonyl (C=O) groups is 1. The van der Waals surface area contributed by atoms with Gasteiger partial charge < -0.3 is 10.3 Å². The smallest absolute Gasteiger partial charge is 0.275 e. The van der Waals surface area contributed by atoms with Crippen molar-refractivity contribution >= 4 is 40.5 Å². The average molecular weight is 301 g/mol. The van der Waals surface area contributed by atoms with Gasteiger partial charge in [-0.3, -0.25) is 4.79 Å². The van der Waals surface area contributed by atoms with Crippen molar-refractivity contribution in [1.82, 2.24) is 15.3 Å². The van der Waals surface area contributed by atoms with Crippen molar-refractivity contribution in [2.45, 2.75) is 19.3 Å². The Labute approximate surface area is 126 Å². The number of amides is 1. The van der Waals surface area contributed by atoms with E-state index in [1.165, 1.54) is 12.8 Å². The Hall–Kier alpha value is -2.14. The number of aromatic amines is 1. The Kier molecular flexibility index (Phi) is 2.82. The fourth-order valence-electron chi connectivity index (χ4n) is 2.47. The molecule has 1 fully saturated rings. The first-order chi connectivity index (χ1) is 10.2. The van der Waals surface area contributed by atoms with Gasteiger partial charge in [-0.1, -0.05) is 11.6 Å². The molecule has 21 heavy (non-hydrogen) atoms. The molecular weight excluding hydrogens is 288 g/mol. The predicted octanol–water partition coefficient (Wildman–Crippen LogP) is 2.89. The molecule has 0 spiro atoms. The van der Waals surface area contributed by atoms with Crippen LogP contribution in [0.1, 0.15) is 24.8 Å². The minimum atomic E-state index is -0.144. The van der Waals surface area contributed by atoms with E-state index in [0.717, 1.165) is 28.9 Å². The predicted molar refractivity (Wildman–Crippen MR) is 82.0 cm³/mol. The second-order valence-electron chi connectivity index (χ2n) is 5.48. The molecule has 2 aliphatic rings. The van der Waals surface area contributed by atoms with Crippen LogP contribution in [0.15, 0.2) is 29.1 Å². The maximum atomic E-state index is 12.0. The zero-order valence-corrected chi connectivity index (χ0v) is 11.9. The Morgan fingerprint density at radius 2 is 2.29 bits per heavy atom. The monoisotopic (exact) mass is 300 g/mol. The fraction of sp³-hybridized carbons (Fsp3) is 0.267. The van der Waals surface area contributed by atoms with Crippen LogP contribution in [0.25, 0.3) is 17.1 Å². The van der Waals surface area contributed by atoms with E-state index in [2.05, 4.69) is 20.3 Å². The summed E-state index contributed by atoms with van der Waals surface area (Å²) < 4.78 is 0. The molecule has 106 valence electrons. The van der Waals surface area contributed by atoms with Crippen LogP contribution in [0.5, 0.6) is 0 Å². The summed E-state index contributed by atoms with van der Waals surface area (Å²) in [5, 5.41) is 4.29. The van der Waals surface area contributed by atoms with Crippen molar-refractivity contribution < 1.29 is 4.79 Å². The van der Waals surface area contributed by atoms with Crippen LogP contribution in [-0.2, 0) is 4.79 Å². The molecule has 0 radical (unpaired) electrons. The van der Waals surface area contributed by atoms with Crippen molar-refractivity contribution in [1.29, 1.82) is 0 Å². The molecule has 6 heteroatoms. The Morgan fingerprint density at radius 3 is 3.10 bits per heavy atom. The van der Waals surface area contributed by atoms with Crippen LogP contribution >= 0.6 is 11.6 Å². The quantitative estimate of drug-likeness (QED) is 0.856. The van der Waals surface area contributed by atoms with Gasteiger partial charge in [0.1, 0.15) is 17.2 Å². The number of hydrogen-bond acceptors (Lipinski definition) is 3. The number of rotatable bonds is 3. The average Bonchev–Trinajstić information content (AvgIpc) is 3.08. The molecule has 0 aromatic carbocycles.